The first-order valence-electron chi connectivity index (χ1n) is 3.47. The van der Waals surface area contributed by atoms with E-state index in [9.17, 15) is 4.79 Å². The fourth-order valence-electron chi connectivity index (χ4n) is 0.958. The Morgan fingerprint density at radius 1 is 1.82 bits per heavy atom. The van der Waals surface area contributed by atoms with E-state index in [1.165, 1.54) is 6.33 Å². The first-order valence-corrected chi connectivity index (χ1v) is 3.47. The minimum absolute atomic E-state index is 0.0309. The van der Waals surface area contributed by atoms with Crippen LogP contribution in [0, 0.1) is 0 Å². The van der Waals surface area contributed by atoms with Gasteiger partial charge in [-0.3, -0.25) is 4.79 Å². The van der Waals surface area contributed by atoms with Gasteiger partial charge in [-0.2, -0.15) is 0 Å². The summed E-state index contributed by atoms with van der Waals surface area (Å²) in [6.45, 7) is 1.95. The number of imidazole rings is 1. The number of aromatic amines is 1. The molecule has 60 valence electrons. The number of aromatic nitrogens is 2. The summed E-state index contributed by atoms with van der Waals surface area (Å²) < 4.78 is 0. The van der Waals surface area contributed by atoms with Crippen molar-refractivity contribution in [2.45, 2.75) is 19.8 Å². The van der Waals surface area contributed by atoms with Crippen LogP contribution in [0.15, 0.2) is 6.33 Å². The lowest BCUT2D eigenvalue weighted by molar-refractivity contribution is -0.136. The highest BCUT2D eigenvalue weighted by molar-refractivity contribution is 5.69. The third kappa shape index (κ3) is 1.80. The standard InChI is InChI=1S/C7H10N2O2/c1-2-5-6(3-7(10)11)9-4-8-5/h4H,2-3H2,1H3,(H,8,9)(H,10,11). The summed E-state index contributed by atoms with van der Waals surface area (Å²) in [6, 6.07) is 0. The highest BCUT2D eigenvalue weighted by Gasteiger charge is 2.06. The Kier molecular flexibility index (Phi) is 2.25. The molecular weight excluding hydrogens is 144 g/mol. The largest absolute Gasteiger partial charge is 0.481 e. The molecule has 0 saturated carbocycles. The molecule has 0 saturated heterocycles. The summed E-state index contributed by atoms with van der Waals surface area (Å²) in [6.07, 6.45) is 2.33. The van der Waals surface area contributed by atoms with Gasteiger partial charge in [0.2, 0.25) is 0 Å². The van der Waals surface area contributed by atoms with Gasteiger partial charge < -0.3 is 10.1 Å². The molecule has 0 unspecified atom stereocenters. The summed E-state index contributed by atoms with van der Waals surface area (Å²) in [4.78, 5) is 17.1. The summed E-state index contributed by atoms with van der Waals surface area (Å²) in [5, 5.41) is 8.46. The molecule has 0 aliphatic carbocycles. The zero-order valence-electron chi connectivity index (χ0n) is 6.29. The zero-order valence-corrected chi connectivity index (χ0v) is 6.29. The van der Waals surface area contributed by atoms with Crippen LogP contribution in [0.1, 0.15) is 18.3 Å². The van der Waals surface area contributed by atoms with Gasteiger partial charge >= 0.3 is 5.97 Å². The lowest BCUT2D eigenvalue weighted by Gasteiger charge is -1.94. The number of carbonyl (C=O) groups is 1. The summed E-state index contributed by atoms with van der Waals surface area (Å²) in [7, 11) is 0. The second-order valence-corrected chi connectivity index (χ2v) is 2.25. The quantitative estimate of drug-likeness (QED) is 0.670. The van der Waals surface area contributed by atoms with Gasteiger partial charge in [0.15, 0.2) is 0 Å². The molecule has 0 amide bonds. The number of nitrogens with zero attached hydrogens (tertiary/aromatic N) is 1. The monoisotopic (exact) mass is 154 g/mol. The van der Waals surface area contributed by atoms with Crippen LogP contribution in [-0.4, -0.2) is 21.0 Å². The maximum atomic E-state index is 10.3. The molecule has 0 aliphatic heterocycles. The number of carboxylic acid groups (broad SMARTS) is 1. The normalized spacial score (nSPS) is 9.91. The van der Waals surface area contributed by atoms with Crippen LogP contribution < -0.4 is 0 Å². The van der Waals surface area contributed by atoms with E-state index in [4.69, 9.17) is 5.11 Å². The zero-order chi connectivity index (χ0) is 8.27. The molecule has 2 N–H and O–H groups in total. The van der Waals surface area contributed by atoms with Crippen molar-refractivity contribution < 1.29 is 9.90 Å². The Labute approximate surface area is 64.3 Å². The van der Waals surface area contributed by atoms with Gasteiger partial charge in [-0.1, -0.05) is 6.92 Å². The van der Waals surface area contributed by atoms with Crippen molar-refractivity contribution >= 4 is 5.97 Å². The third-order valence-electron chi connectivity index (χ3n) is 1.47. The Morgan fingerprint density at radius 2 is 2.55 bits per heavy atom. The van der Waals surface area contributed by atoms with E-state index in [2.05, 4.69) is 9.97 Å². The molecule has 0 radical (unpaired) electrons. The van der Waals surface area contributed by atoms with Crippen molar-refractivity contribution in [2.24, 2.45) is 0 Å². The summed E-state index contributed by atoms with van der Waals surface area (Å²) >= 11 is 0. The first kappa shape index (κ1) is 7.78. The van der Waals surface area contributed by atoms with E-state index in [1.807, 2.05) is 6.92 Å². The van der Waals surface area contributed by atoms with Gasteiger partial charge in [0, 0.05) is 5.69 Å². The number of aryl methyl sites for hydroxylation is 1. The topological polar surface area (TPSA) is 66.0 Å². The number of hydrogen-bond acceptors (Lipinski definition) is 2. The lowest BCUT2D eigenvalue weighted by atomic mass is 10.2. The first-order chi connectivity index (χ1) is 5.24. The van der Waals surface area contributed by atoms with Crippen molar-refractivity contribution in [3.63, 3.8) is 0 Å². The number of aliphatic carboxylic acids is 1. The number of H-pyrrole nitrogens is 1. The molecule has 4 nitrogen and oxygen atoms in total. The molecule has 0 spiro atoms. The van der Waals surface area contributed by atoms with E-state index in [-0.39, 0.29) is 6.42 Å². The smallest absolute Gasteiger partial charge is 0.309 e. The minimum atomic E-state index is -0.830. The molecule has 0 aliphatic rings. The highest BCUT2D eigenvalue weighted by Crippen LogP contribution is 2.03. The van der Waals surface area contributed by atoms with Crippen molar-refractivity contribution in [3.05, 3.63) is 17.7 Å². The Balaban J connectivity index is 2.76. The number of hydrogen-bond donors (Lipinski definition) is 2. The predicted molar refractivity (Wildman–Crippen MR) is 39.3 cm³/mol. The lowest BCUT2D eigenvalue weighted by Crippen LogP contribution is -2.02. The van der Waals surface area contributed by atoms with Crippen molar-refractivity contribution in [1.29, 1.82) is 0 Å². The third-order valence-corrected chi connectivity index (χ3v) is 1.47. The van der Waals surface area contributed by atoms with E-state index < -0.39 is 5.97 Å². The predicted octanol–water partition coefficient (Wildman–Crippen LogP) is 0.599. The molecule has 0 aromatic carbocycles. The molecular formula is C7H10N2O2. The van der Waals surface area contributed by atoms with Crippen LogP contribution in [0.3, 0.4) is 0 Å². The second kappa shape index (κ2) is 3.18. The second-order valence-electron chi connectivity index (χ2n) is 2.25. The average Bonchev–Trinajstić information content (AvgIpc) is 2.34. The van der Waals surface area contributed by atoms with Gasteiger partial charge in [0.05, 0.1) is 18.4 Å². The summed E-state index contributed by atoms with van der Waals surface area (Å²) in [5.41, 5.74) is 1.55. The highest BCUT2D eigenvalue weighted by atomic mass is 16.4. The van der Waals surface area contributed by atoms with Crippen LogP contribution in [0.5, 0.6) is 0 Å². The van der Waals surface area contributed by atoms with Gasteiger partial charge in [0.1, 0.15) is 0 Å². The van der Waals surface area contributed by atoms with Crippen molar-refractivity contribution in [1.82, 2.24) is 9.97 Å². The molecule has 0 atom stereocenters. The Bertz CT molecular complexity index is 255. The van der Waals surface area contributed by atoms with Crippen LogP contribution in [0.4, 0.5) is 0 Å². The van der Waals surface area contributed by atoms with E-state index in [0.717, 1.165) is 12.1 Å². The Hall–Kier alpha value is -1.32. The average molecular weight is 154 g/mol. The van der Waals surface area contributed by atoms with Crippen LogP contribution in [0.2, 0.25) is 0 Å². The fraction of sp³-hybridized carbons (Fsp3) is 0.429. The molecule has 11 heavy (non-hydrogen) atoms. The maximum absolute atomic E-state index is 10.3. The van der Waals surface area contributed by atoms with E-state index in [0.29, 0.717) is 5.69 Å². The van der Waals surface area contributed by atoms with Crippen molar-refractivity contribution in [2.75, 3.05) is 0 Å². The van der Waals surface area contributed by atoms with E-state index >= 15 is 0 Å². The molecule has 4 heteroatoms. The van der Waals surface area contributed by atoms with Gasteiger partial charge in [-0.15, -0.1) is 0 Å². The molecule has 1 heterocycles. The SMILES string of the molecule is CCc1nc[nH]c1CC(=O)O. The molecule has 0 bridgehead atoms. The minimum Gasteiger partial charge on any atom is -0.481 e. The van der Waals surface area contributed by atoms with Gasteiger partial charge in [0.25, 0.3) is 0 Å². The molecule has 1 aromatic rings. The molecule has 1 rings (SSSR count). The fourth-order valence-corrected chi connectivity index (χ4v) is 0.958. The van der Waals surface area contributed by atoms with Crippen LogP contribution in [0.25, 0.3) is 0 Å². The molecule has 1 aromatic heterocycles. The van der Waals surface area contributed by atoms with Crippen molar-refractivity contribution in [3.8, 4) is 0 Å². The summed E-state index contributed by atoms with van der Waals surface area (Å²) in [5.74, 6) is -0.830. The van der Waals surface area contributed by atoms with E-state index in [1.54, 1.807) is 0 Å². The number of carboxylic acids is 1. The molecule has 0 fully saturated rings. The van der Waals surface area contributed by atoms with Gasteiger partial charge in [-0.05, 0) is 6.42 Å². The van der Waals surface area contributed by atoms with Crippen LogP contribution in [-0.2, 0) is 17.6 Å². The van der Waals surface area contributed by atoms with Gasteiger partial charge in [-0.25, -0.2) is 4.98 Å². The number of rotatable bonds is 3. The Morgan fingerprint density at radius 3 is 3.09 bits per heavy atom. The maximum Gasteiger partial charge on any atom is 0.309 e. The van der Waals surface area contributed by atoms with Crippen LogP contribution >= 0.6 is 0 Å². The number of nitrogens with one attached hydrogen (secondary N) is 1.